The third kappa shape index (κ3) is 6.13. The summed E-state index contributed by atoms with van der Waals surface area (Å²) in [7, 11) is 5.05. The Hall–Kier alpha value is -3.76. The Bertz CT molecular complexity index is 1380. The van der Waals surface area contributed by atoms with Crippen LogP contribution in [0, 0.1) is 0 Å². The molecule has 1 amide bonds. The van der Waals surface area contributed by atoms with Gasteiger partial charge in [0, 0.05) is 31.9 Å². The van der Waals surface area contributed by atoms with Gasteiger partial charge >= 0.3 is 5.97 Å². The number of thioether (sulfide) groups is 1. The van der Waals surface area contributed by atoms with Gasteiger partial charge in [-0.15, -0.1) is 0 Å². The number of amidine groups is 1. The second kappa shape index (κ2) is 12.8. The van der Waals surface area contributed by atoms with E-state index in [1.165, 1.54) is 18.9 Å². The van der Waals surface area contributed by atoms with Gasteiger partial charge in [-0.3, -0.25) is 4.79 Å². The van der Waals surface area contributed by atoms with Crippen molar-refractivity contribution in [3.05, 3.63) is 82.0 Å². The second-order valence-corrected chi connectivity index (χ2v) is 11.0. The zero-order valence-corrected chi connectivity index (χ0v) is 24.8. The van der Waals surface area contributed by atoms with Gasteiger partial charge in [0.1, 0.15) is 6.61 Å². The van der Waals surface area contributed by atoms with E-state index in [4.69, 9.17) is 19.2 Å². The first kappa shape index (κ1) is 28.8. The zero-order chi connectivity index (χ0) is 28.9. The highest BCUT2D eigenvalue weighted by molar-refractivity contribution is 8.16. The molecule has 3 aliphatic rings. The topological polar surface area (TPSA) is 83.9 Å². The Morgan fingerprint density at radius 1 is 1.02 bits per heavy atom. The smallest absolute Gasteiger partial charge is 0.338 e. The number of rotatable bonds is 9. The molecule has 0 aromatic heterocycles. The van der Waals surface area contributed by atoms with Gasteiger partial charge in [-0.2, -0.15) is 0 Å². The Labute approximate surface area is 245 Å². The molecule has 0 N–H and O–H groups in total. The van der Waals surface area contributed by atoms with Crippen LogP contribution in [0.25, 0.3) is 0 Å². The van der Waals surface area contributed by atoms with Gasteiger partial charge in [0.25, 0.3) is 0 Å². The summed E-state index contributed by atoms with van der Waals surface area (Å²) in [5, 5.41) is 2.71. The van der Waals surface area contributed by atoms with Crippen LogP contribution in [0.1, 0.15) is 36.9 Å². The summed E-state index contributed by atoms with van der Waals surface area (Å²) in [5.41, 5.74) is 3.79. The van der Waals surface area contributed by atoms with E-state index in [1.54, 1.807) is 7.11 Å². The number of methoxy groups -OCH3 is 2. The van der Waals surface area contributed by atoms with Crippen LogP contribution >= 0.6 is 11.8 Å². The molecule has 0 saturated carbocycles. The van der Waals surface area contributed by atoms with Crippen LogP contribution in [0.4, 0.5) is 0 Å². The maximum absolute atomic E-state index is 13.4. The van der Waals surface area contributed by atoms with Crippen molar-refractivity contribution in [2.24, 2.45) is 4.99 Å². The molecule has 0 spiro atoms. The molecule has 0 radical (unpaired) electrons. The zero-order valence-electron chi connectivity index (χ0n) is 24.0. The minimum absolute atomic E-state index is 0.0667. The van der Waals surface area contributed by atoms with Crippen molar-refractivity contribution in [1.82, 2.24) is 14.7 Å². The highest BCUT2D eigenvalue weighted by Gasteiger charge is 2.42. The maximum Gasteiger partial charge on any atom is 0.338 e. The Kier molecular flexibility index (Phi) is 8.99. The number of piperazine rings is 1. The lowest BCUT2D eigenvalue weighted by molar-refractivity contribution is -0.136. The van der Waals surface area contributed by atoms with E-state index in [1.807, 2.05) is 70.7 Å². The molecule has 0 bridgehead atoms. The van der Waals surface area contributed by atoms with Gasteiger partial charge < -0.3 is 28.9 Å². The van der Waals surface area contributed by atoms with Gasteiger partial charge in [0.2, 0.25) is 5.91 Å². The molecule has 5 rings (SSSR count). The molecule has 1 atom stereocenters. The van der Waals surface area contributed by atoms with Gasteiger partial charge in [-0.1, -0.05) is 55.1 Å². The average molecular weight is 577 g/mol. The van der Waals surface area contributed by atoms with E-state index < -0.39 is 12.0 Å². The molecule has 2 aromatic rings. The lowest BCUT2D eigenvalue weighted by atomic mass is 9.92. The highest BCUT2D eigenvalue weighted by atomic mass is 32.2. The number of ether oxygens (including phenoxy) is 3. The Balaban J connectivity index is 1.47. The first-order valence-electron chi connectivity index (χ1n) is 13.8. The molecule has 0 aliphatic carbocycles. The number of nitrogens with zero attached hydrogens (tertiary/aromatic N) is 4. The van der Waals surface area contributed by atoms with Crippen LogP contribution in [0.5, 0.6) is 11.5 Å². The third-order valence-electron chi connectivity index (χ3n) is 7.56. The van der Waals surface area contributed by atoms with E-state index in [0.717, 1.165) is 35.1 Å². The van der Waals surface area contributed by atoms with Crippen LogP contribution in [0.2, 0.25) is 0 Å². The highest BCUT2D eigenvalue weighted by Crippen LogP contribution is 2.47. The summed E-state index contributed by atoms with van der Waals surface area (Å²) in [6, 6.07) is 15.1. The number of benzene rings is 2. The third-order valence-corrected chi connectivity index (χ3v) is 8.45. The number of allylic oxidation sites excluding steroid dienone is 1. The maximum atomic E-state index is 13.4. The number of aliphatic imine (C=N–C) groups is 1. The van der Waals surface area contributed by atoms with E-state index in [-0.39, 0.29) is 12.3 Å². The lowest BCUT2D eigenvalue weighted by Gasteiger charge is -2.37. The minimum Gasteiger partial charge on any atom is -0.493 e. The van der Waals surface area contributed by atoms with Crippen molar-refractivity contribution < 1.29 is 23.8 Å². The van der Waals surface area contributed by atoms with E-state index in [0.29, 0.717) is 48.9 Å². The lowest BCUT2D eigenvalue weighted by Crippen LogP contribution is -2.47. The molecular formula is C31H36N4O5S. The SMILES string of the molecule is CCC1=C(C(=O)OC)[C@H](c2ccc(OCc3ccccc3)c(OC)c2)N2C(CC(=O)N3CCN(C)CC3)=CSC2=N1. The summed E-state index contributed by atoms with van der Waals surface area (Å²) in [6.07, 6.45) is 0.779. The van der Waals surface area contributed by atoms with Crippen molar-refractivity contribution in [3.63, 3.8) is 0 Å². The van der Waals surface area contributed by atoms with Crippen LogP contribution in [-0.2, 0) is 20.9 Å². The minimum atomic E-state index is -0.538. The Morgan fingerprint density at radius 2 is 1.78 bits per heavy atom. The largest absolute Gasteiger partial charge is 0.493 e. The fourth-order valence-corrected chi connectivity index (χ4v) is 6.20. The standard InChI is InChI=1S/C31H36N4O5S/c1-5-24-28(30(37)39-4)29(22-11-12-25(26(17-22)38-3)40-19-21-9-7-6-8-10-21)35-23(20-41-31(35)32-24)18-27(36)34-15-13-33(2)14-16-34/h6-12,17,20,29H,5,13-16,18-19H2,1-4H3/t29-/m0/s1. The summed E-state index contributed by atoms with van der Waals surface area (Å²) in [6.45, 7) is 5.48. The molecule has 1 saturated heterocycles. The first-order valence-corrected chi connectivity index (χ1v) is 14.7. The number of carbonyl (C=O) groups is 2. The number of hydrogen-bond donors (Lipinski definition) is 0. The van der Waals surface area contributed by atoms with Gasteiger partial charge in [0.15, 0.2) is 16.7 Å². The Morgan fingerprint density at radius 3 is 2.46 bits per heavy atom. The molecule has 2 aromatic carbocycles. The van der Waals surface area contributed by atoms with Crippen molar-refractivity contribution in [2.45, 2.75) is 32.4 Å². The number of likely N-dealkylation sites (N-methyl/N-ethyl adjacent to an activating group) is 1. The van der Waals surface area contributed by atoms with Crippen molar-refractivity contribution >= 4 is 28.8 Å². The van der Waals surface area contributed by atoms with Crippen LogP contribution in [0.3, 0.4) is 0 Å². The van der Waals surface area contributed by atoms with Gasteiger partial charge in [-0.25, -0.2) is 9.79 Å². The molecule has 0 unspecified atom stereocenters. The molecular weight excluding hydrogens is 540 g/mol. The number of hydrogen-bond acceptors (Lipinski definition) is 9. The quantitative estimate of drug-likeness (QED) is 0.402. The fourth-order valence-electron chi connectivity index (χ4n) is 5.26. The van der Waals surface area contributed by atoms with Crippen LogP contribution < -0.4 is 9.47 Å². The molecule has 41 heavy (non-hydrogen) atoms. The molecule has 1 fully saturated rings. The normalized spacial score (nSPS) is 19.0. The number of carbonyl (C=O) groups excluding carboxylic acids is 2. The van der Waals surface area contributed by atoms with Gasteiger partial charge in [0.05, 0.1) is 38.0 Å². The average Bonchev–Trinajstić information content (AvgIpc) is 3.41. The van der Waals surface area contributed by atoms with Crippen molar-refractivity contribution in [2.75, 3.05) is 47.4 Å². The van der Waals surface area contributed by atoms with Crippen LogP contribution in [0.15, 0.2) is 75.9 Å². The summed E-state index contributed by atoms with van der Waals surface area (Å²) < 4.78 is 17.1. The predicted molar refractivity (Wildman–Crippen MR) is 159 cm³/mol. The summed E-state index contributed by atoms with van der Waals surface area (Å²) in [4.78, 5) is 37.6. The van der Waals surface area contributed by atoms with Crippen molar-refractivity contribution in [3.8, 4) is 11.5 Å². The monoisotopic (exact) mass is 576 g/mol. The second-order valence-electron chi connectivity index (χ2n) is 10.1. The molecule has 216 valence electrons. The number of amides is 1. The fraction of sp³-hybridized carbons (Fsp3) is 0.387. The summed E-state index contributed by atoms with van der Waals surface area (Å²) in [5.74, 6) is 0.772. The van der Waals surface area contributed by atoms with Gasteiger partial charge in [-0.05, 0) is 42.1 Å². The predicted octanol–water partition coefficient (Wildman–Crippen LogP) is 4.58. The van der Waals surface area contributed by atoms with E-state index in [2.05, 4.69) is 11.9 Å². The number of fused-ring (bicyclic) bond motifs is 1. The summed E-state index contributed by atoms with van der Waals surface area (Å²) >= 11 is 1.47. The molecule has 9 nitrogen and oxygen atoms in total. The van der Waals surface area contributed by atoms with Crippen molar-refractivity contribution in [1.29, 1.82) is 0 Å². The number of esters is 1. The van der Waals surface area contributed by atoms with Crippen LogP contribution in [-0.4, -0.2) is 79.2 Å². The molecule has 3 heterocycles. The van der Waals surface area contributed by atoms with E-state index >= 15 is 0 Å². The first-order chi connectivity index (χ1) is 19.9. The molecule has 10 heteroatoms. The molecule has 3 aliphatic heterocycles. The van der Waals surface area contributed by atoms with E-state index in [9.17, 15) is 9.59 Å².